The van der Waals surface area contributed by atoms with Gasteiger partial charge in [-0.2, -0.15) is 4.98 Å². The van der Waals surface area contributed by atoms with Crippen LogP contribution in [0.15, 0.2) is 4.52 Å². The summed E-state index contributed by atoms with van der Waals surface area (Å²) in [4.78, 5) is 4.45. The van der Waals surface area contributed by atoms with Crippen LogP contribution in [0.5, 0.6) is 0 Å². The van der Waals surface area contributed by atoms with Gasteiger partial charge in [0, 0.05) is 13.0 Å². The van der Waals surface area contributed by atoms with E-state index in [-0.39, 0.29) is 6.10 Å². The average Bonchev–Trinajstić information content (AvgIpc) is 2.82. The Bertz CT molecular complexity index is 352. The van der Waals surface area contributed by atoms with Gasteiger partial charge in [-0.1, -0.05) is 25.9 Å². The first-order chi connectivity index (χ1) is 9.08. The van der Waals surface area contributed by atoms with Gasteiger partial charge in [-0.05, 0) is 38.1 Å². The van der Waals surface area contributed by atoms with Crippen molar-refractivity contribution in [2.45, 2.75) is 53.1 Å². The van der Waals surface area contributed by atoms with Crippen molar-refractivity contribution in [3.63, 3.8) is 0 Å². The number of nitrogens with zero attached hydrogens (tertiary/aromatic N) is 2. The van der Waals surface area contributed by atoms with Gasteiger partial charge in [0.1, 0.15) is 6.10 Å². The largest absolute Gasteiger partial charge is 0.370 e. The predicted octanol–water partition coefficient (Wildman–Crippen LogP) is 2.72. The predicted molar refractivity (Wildman–Crippen MR) is 74.7 cm³/mol. The maximum atomic E-state index is 5.67. The standard InChI is InChI=1S/C14H27N3O2/c1-5-18-13(10(2)3)14-16-12(19-17-14)7-6-11(4)8-9-15/h10-11,13H,5-9,15H2,1-4H3. The molecule has 0 aromatic carbocycles. The molecule has 0 aliphatic heterocycles. The SMILES string of the molecule is CCOC(c1noc(CCC(C)CCN)n1)C(C)C. The first-order valence-electron chi connectivity index (χ1n) is 7.22. The molecular weight excluding hydrogens is 242 g/mol. The second-order valence-corrected chi connectivity index (χ2v) is 5.39. The second-order valence-electron chi connectivity index (χ2n) is 5.39. The Balaban J connectivity index is 2.55. The van der Waals surface area contributed by atoms with E-state index < -0.39 is 0 Å². The zero-order valence-electron chi connectivity index (χ0n) is 12.6. The van der Waals surface area contributed by atoms with Crippen molar-refractivity contribution in [3.8, 4) is 0 Å². The van der Waals surface area contributed by atoms with Crippen LogP contribution >= 0.6 is 0 Å². The molecule has 0 bridgehead atoms. The molecule has 5 nitrogen and oxygen atoms in total. The van der Waals surface area contributed by atoms with E-state index in [4.69, 9.17) is 15.0 Å². The molecule has 0 spiro atoms. The molecule has 0 aliphatic carbocycles. The third kappa shape index (κ3) is 5.28. The highest BCUT2D eigenvalue weighted by Gasteiger charge is 2.22. The Labute approximate surface area is 115 Å². The Morgan fingerprint density at radius 1 is 1.26 bits per heavy atom. The number of aryl methyl sites for hydroxylation is 1. The van der Waals surface area contributed by atoms with Crippen molar-refractivity contribution >= 4 is 0 Å². The van der Waals surface area contributed by atoms with E-state index in [0.29, 0.717) is 30.2 Å². The molecule has 1 aromatic rings. The van der Waals surface area contributed by atoms with Gasteiger partial charge in [0.05, 0.1) is 0 Å². The number of hydrogen-bond acceptors (Lipinski definition) is 5. The monoisotopic (exact) mass is 269 g/mol. The van der Waals surface area contributed by atoms with Crippen LogP contribution in [0.1, 0.15) is 58.4 Å². The van der Waals surface area contributed by atoms with E-state index >= 15 is 0 Å². The molecule has 2 atom stereocenters. The number of nitrogens with two attached hydrogens (primary N) is 1. The molecule has 0 fully saturated rings. The fourth-order valence-electron chi connectivity index (χ4n) is 2.03. The van der Waals surface area contributed by atoms with Crippen LogP contribution in [0.3, 0.4) is 0 Å². The quantitative estimate of drug-likeness (QED) is 0.746. The Kier molecular flexibility index (Phi) is 7.02. The minimum absolute atomic E-state index is 0.0797. The van der Waals surface area contributed by atoms with Gasteiger partial charge in [0.2, 0.25) is 11.7 Å². The molecule has 0 radical (unpaired) electrons. The Morgan fingerprint density at radius 2 is 2.00 bits per heavy atom. The Hall–Kier alpha value is -0.940. The van der Waals surface area contributed by atoms with Crippen LogP contribution in [0.25, 0.3) is 0 Å². The molecule has 0 amide bonds. The van der Waals surface area contributed by atoms with Crippen molar-refractivity contribution < 1.29 is 9.26 Å². The van der Waals surface area contributed by atoms with E-state index in [9.17, 15) is 0 Å². The minimum atomic E-state index is -0.0797. The summed E-state index contributed by atoms with van der Waals surface area (Å²) in [6.07, 6.45) is 2.79. The van der Waals surface area contributed by atoms with Crippen molar-refractivity contribution in [1.29, 1.82) is 0 Å². The molecule has 0 saturated carbocycles. The summed E-state index contributed by atoms with van der Waals surface area (Å²) in [5.41, 5.74) is 5.54. The van der Waals surface area contributed by atoms with E-state index in [1.807, 2.05) is 6.92 Å². The highest BCUT2D eigenvalue weighted by Crippen LogP contribution is 2.23. The summed E-state index contributed by atoms with van der Waals surface area (Å²) >= 11 is 0. The van der Waals surface area contributed by atoms with E-state index in [1.165, 1.54) is 0 Å². The highest BCUT2D eigenvalue weighted by atomic mass is 16.5. The van der Waals surface area contributed by atoms with Gasteiger partial charge in [-0.15, -0.1) is 0 Å². The molecule has 1 rings (SSSR count). The molecule has 19 heavy (non-hydrogen) atoms. The van der Waals surface area contributed by atoms with Gasteiger partial charge < -0.3 is 15.0 Å². The summed E-state index contributed by atoms with van der Waals surface area (Å²) in [6.45, 7) is 9.75. The Morgan fingerprint density at radius 3 is 2.58 bits per heavy atom. The lowest BCUT2D eigenvalue weighted by molar-refractivity contribution is 0.0217. The molecule has 5 heteroatoms. The molecule has 2 N–H and O–H groups in total. The lowest BCUT2D eigenvalue weighted by Crippen LogP contribution is -2.13. The van der Waals surface area contributed by atoms with Crippen LogP contribution in [-0.2, 0) is 11.2 Å². The molecule has 2 unspecified atom stereocenters. The third-order valence-corrected chi connectivity index (χ3v) is 3.20. The molecule has 110 valence electrons. The van der Waals surface area contributed by atoms with Crippen LogP contribution in [0, 0.1) is 11.8 Å². The lowest BCUT2D eigenvalue weighted by Gasteiger charge is -2.16. The second kappa shape index (κ2) is 8.27. The number of rotatable bonds is 9. The van der Waals surface area contributed by atoms with Crippen molar-refractivity contribution in [3.05, 3.63) is 11.7 Å². The van der Waals surface area contributed by atoms with E-state index in [2.05, 4.69) is 30.9 Å². The van der Waals surface area contributed by atoms with E-state index in [0.717, 1.165) is 25.8 Å². The summed E-state index contributed by atoms with van der Waals surface area (Å²) in [5.74, 6) is 2.29. The summed E-state index contributed by atoms with van der Waals surface area (Å²) in [5, 5.41) is 4.04. The smallest absolute Gasteiger partial charge is 0.226 e. The van der Waals surface area contributed by atoms with Gasteiger partial charge in [0.15, 0.2) is 0 Å². The first-order valence-corrected chi connectivity index (χ1v) is 7.22. The topological polar surface area (TPSA) is 74.2 Å². The number of aromatic nitrogens is 2. The van der Waals surface area contributed by atoms with Crippen LogP contribution in [0.4, 0.5) is 0 Å². The maximum Gasteiger partial charge on any atom is 0.226 e. The van der Waals surface area contributed by atoms with Crippen LogP contribution < -0.4 is 5.73 Å². The molecule has 1 aromatic heterocycles. The zero-order chi connectivity index (χ0) is 14.3. The fraction of sp³-hybridized carbons (Fsp3) is 0.857. The minimum Gasteiger partial charge on any atom is -0.370 e. The van der Waals surface area contributed by atoms with Gasteiger partial charge in [-0.25, -0.2) is 0 Å². The van der Waals surface area contributed by atoms with Gasteiger partial charge in [-0.3, -0.25) is 0 Å². The normalized spacial score (nSPS) is 14.8. The molecule has 1 heterocycles. The van der Waals surface area contributed by atoms with E-state index in [1.54, 1.807) is 0 Å². The van der Waals surface area contributed by atoms with Crippen molar-refractivity contribution in [2.24, 2.45) is 17.6 Å². The number of ether oxygens (including phenoxy) is 1. The zero-order valence-corrected chi connectivity index (χ0v) is 12.6. The number of hydrogen-bond donors (Lipinski definition) is 1. The summed E-state index contributed by atoms with van der Waals surface area (Å²) < 4.78 is 11.0. The fourth-order valence-corrected chi connectivity index (χ4v) is 2.03. The van der Waals surface area contributed by atoms with Crippen LogP contribution in [0.2, 0.25) is 0 Å². The van der Waals surface area contributed by atoms with Crippen LogP contribution in [-0.4, -0.2) is 23.3 Å². The molecular formula is C14H27N3O2. The van der Waals surface area contributed by atoms with Gasteiger partial charge >= 0.3 is 0 Å². The summed E-state index contributed by atoms with van der Waals surface area (Å²) in [7, 11) is 0. The van der Waals surface area contributed by atoms with Gasteiger partial charge in [0.25, 0.3) is 0 Å². The average molecular weight is 269 g/mol. The third-order valence-electron chi connectivity index (χ3n) is 3.20. The highest BCUT2D eigenvalue weighted by molar-refractivity contribution is 4.93. The molecule has 0 aliphatic rings. The maximum absolute atomic E-state index is 5.67. The summed E-state index contributed by atoms with van der Waals surface area (Å²) in [6, 6.07) is 0. The first kappa shape index (κ1) is 16.1. The lowest BCUT2D eigenvalue weighted by atomic mass is 10.0. The van der Waals surface area contributed by atoms with Crippen molar-refractivity contribution in [2.75, 3.05) is 13.2 Å². The molecule has 0 saturated heterocycles. The van der Waals surface area contributed by atoms with Crippen molar-refractivity contribution in [1.82, 2.24) is 10.1 Å².